The molecule has 3 heterocycles. The molecule has 0 aromatic carbocycles. The van der Waals surface area contributed by atoms with Gasteiger partial charge in [0, 0.05) is 23.7 Å². The number of alkyl halides is 2. The fourth-order valence-electron chi connectivity index (χ4n) is 2.07. The minimum absolute atomic E-state index is 0.254. The summed E-state index contributed by atoms with van der Waals surface area (Å²) in [7, 11) is 0. The number of nitrogens with one attached hydrogen (secondary N) is 1. The molecule has 110 valence electrons. The molecule has 0 atom stereocenters. The monoisotopic (exact) mass is 391 g/mol. The van der Waals surface area contributed by atoms with Gasteiger partial charge in [0.25, 0.3) is 0 Å². The molecule has 0 bridgehead atoms. The van der Waals surface area contributed by atoms with Gasteiger partial charge in [-0.3, -0.25) is 4.57 Å². The average Bonchev–Trinajstić information content (AvgIpc) is 3.05. The van der Waals surface area contributed by atoms with Crippen LogP contribution in [-0.2, 0) is 6.54 Å². The van der Waals surface area contributed by atoms with Crippen LogP contribution < -0.4 is 5.32 Å². The number of anilines is 1. The molecule has 3 nitrogen and oxygen atoms in total. The molecule has 0 saturated heterocycles. The highest BCUT2D eigenvalue weighted by atomic mass is 79.9. The standard InChI is InChI=1S/C13H9BrClF2N3S/c14-8-6-20(13(16)17)12-9(4-10(15)19-11(8)12)18-5-7-2-1-3-21-7/h1-4,6,13H,5H2,(H,18,19). The van der Waals surface area contributed by atoms with Gasteiger partial charge in [-0.2, -0.15) is 8.78 Å². The Morgan fingerprint density at radius 1 is 1.48 bits per heavy atom. The highest BCUT2D eigenvalue weighted by Crippen LogP contribution is 2.35. The van der Waals surface area contributed by atoms with Gasteiger partial charge in [0.15, 0.2) is 0 Å². The molecular formula is C13H9BrClF2N3S. The molecule has 0 amide bonds. The first-order chi connectivity index (χ1) is 10.1. The molecule has 3 aromatic rings. The van der Waals surface area contributed by atoms with E-state index in [0.717, 1.165) is 9.44 Å². The molecule has 0 saturated carbocycles. The highest BCUT2D eigenvalue weighted by molar-refractivity contribution is 9.10. The van der Waals surface area contributed by atoms with Crippen LogP contribution in [0.2, 0.25) is 5.15 Å². The van der Waals surface area contributed by atoms with Crippen LogP contribution in [0, 0.1) is 0 Å². The van der Waals surface area contributed by atoms with Crippen LogP contribution in [0.25, 0.3) is 11.0 Å². The third-order valence-electron chi connectivity index (χ3n) is 2.94. The van der Waals surface area contributed by atoms with Crippen molar-refractivity contribution in [3.05, 3.63) is 44.3 Å². The Hall–Kier alpha value is -1.18. The number of pyridine rings is 1. The topological polar surface area (TPSA) is 29.9 Å². The van der Waals surface area contributed by atoms with Crippen molar-refractivity contribution in [2.24, 2.45) is 0 Å². The number of hydrogen-bond acceptors (Lipinski definition) is 3. The van der Waals surface area contributed by atoms with Crippen LogP contribution in [0.5, 0.6) is 0 Å². The van der Waals surface area contributed by atoms with Crippen molar-refractivity contribution in [3.63, 3.8) is 0 Å². The van der Waals surface area contributed by atoms with Crippen LogP contribution in [0.1, 0.15) is 11.4 Å². The maximum Gasteiger partial charge on any atom is 0.319 e. The molecule has 0 aliphatic carbocycles. The largest absolute Gasteiger partial charge is 0.378 e. The number of halogens is 4. The Kier molecular flexibility index (Phi) is 4.14. The predicted octanol–water partition coefficient (Wildman–Crippen LogP) is 5.52. The summed E-state index contributed by atoms with van der Waals surface area (Å²) in [6.07, 6.45) is 1.31. The Labute approximate surface area is 136 Å². The van der Waals surface area contributed by atoms with Crippen LogP contribution in [0.15, 0.2) is 34.2 Å². The summed E-state index contributed by atoms with van der Waals surface area (Å²) >= 11 is 10.8. The van der Waals surface area contributed by atoms with Gasteiger partial charge >= 0.3 is 6.55 Å². The Bertz CT molecular complexity index is 773. The third-order valence-corrected chi connectivity index (χ3v) is 4.59. The van der Waals surface area contributed by atoms with Gasteiger partial charge in [-0.05, 0) is 27.4 Å². The highest BCUT2D eigenvalue weighted by Gasteiger charge is 2.18. The Morgan fingerprint density at radius 3 is 2.95 bits per heavy atom. The quantitative estimate of drug-likeness (QED) is 0.592. The van der Waals surface area contributed by atoms with Crippen molar-refractivity contribution in [2.45, 2.75) is 13.1 Å². The fourth-order valence-corrected chi connectivity index (χ4v) is 3.40. The van der Waals surface area contributed by atoms with Crippen molar-refractivity contribution < 1.29 is 8.78 Å². The lowest BCUT2D eigenvalue weighted by molar-refractivity contribution is 0.0752. The first-order valence-corrected chi connectivity index (χ1v) is 8.02. The summed E-state index contributed by atoms with van der Waals surface area (Å²) in [5.74, 6) is 0. The third kappa shape index (κ3) is 2.90. The molecule has 3 rings (SSSR count). The van der Waals surface area contributed by atoms with Gasteiger partial charge in [0.2, 0.25) is 0 Å². The van der Waals surface area contributed by atoms with Gasteiger partial charge in [-0.15, -0.1) is 11.3 Å². The summed E-state index contributed by atoms with van der Waals surface area (Å²) in [6.45, 7) is -2.11. The van der Waals surface area contributed by atoms with Crippen LogP contribution >= 0.6 is 38.9 Å². The maximum atomic E-state index is 13.2. The molecule has 21 heavy (non-hydrogen) atoms. The molecule has 0 aliphatic rings. The summed E-state index contributed by atoms with van der Waals surface area (Å²) in [5, 5.41) is 5.37. The first kappa shape index (κ1) is 14.7. The first-order valence-electron chi connectivity index (χ1n) is 5.97. The van der Waals surface area contributed by atoms with Gasteiger partial charge in [0.05, 0.1) is 15.7 Å². The molecule has 1 N–H and O–H groups in total. The second-order valence-corrected chi connectivity index (χ2v) is 6.56. The van der Waals surface area contributed by atoms with E-state index in [4.69, 9.17) is 11.6 Å². The van der Waals surface area contributed by atoms with E-state index in [0.29, 0.717) is 27.7 Å². The maximum absolute atomic E-state index is 13.2. The minimum atomic E-state index is -2.65. The SMILES string of the molecule is FC(F)n1cc(Br)c2nc(Cl)cc(NCc3cccs3)c21. The lowest BCUT2D eigenvalue weighted by Crippen LogP contribution is -2.03. The molecule has 8 heteroatoms. The summed E-state index contributed by atoms with van der Waals surface area (Å²) in [6, 6.07) is 5.47. The number of nitrogens with zero attached hydrogens (tertiary/aromatic N) is 2. The average molecular weight is 393 g/mol. The van der Waals surface area contributed by atoms with Crippen LogP contribution in [-0.4, -0.2) is 9.55 Å². The Morgan fingerprint density at radius 2 is 2.29 bits per heavy atom. The molecule has 0 aliphatic heterocycles. The minimum Gasteiger partial charge on any atom is -0.378 e. The zero-order valence-electron chi connectivity index (χ0n) is 10.5. The zero-order valence-corrected chi connectivity index (χ0v) is 13.6. The van der Waals surface area contributed by atoms with Crippen molar-refractivity contribution in [1.29, 1.82) is 0 Å². The number of fused-ring (bicyclic) bond motifs is 1. The van der Waals surface area contributed by atoms with Crippen molar-refractivity contribution in [3.8, 4) is 0 Å². The summed E-state index contributed by atoms with van der Waals surface area (Å²) in [5.41, 5.74) is 1.28. The molecule has 0 spiro atoms. The molecular weight excluding hydrogens is 384 g/mol. The van der Waals surface area contributed by atoms with Gasteiger partial charge in [0.1, 0.15) is 10.7 Å². The Balaban J connectivity index is 2.07. The number of hydrogen-bond donors (Lipinski definition) is 1. The number of aromatic nitrogens is 2. The van der Waals surface area contributed by atoms with E-state index in [-0.39, 0.29) is 5.15 Å². The molecule has 0 radical (unpaired) electrons. The van der Waals surface area contributed by atoms with E-state index in [1.807, 2.05) is 17.5 Å². The second kappa shape index (κ2) is 5.90. The fraction of sp³-hybridized carbons (Fsp3) is 0.154. The van der Waals surface area contributed by atoms with Crippen molar-refractivity contribution >= 4 is 55.6 Å². The summed E-state index contributed by atoms with van der Waals surface area (Å²) < 4.78 is 27.7. The van der Waals surface area contributed by atoms with E-state index >= 15 is 0 Å². The number of thiophene rings is 1. The van der Waals surface area contributed by atoms with Gasteiger partial charge < -0.3 is 5.32 Å². The number of rotatable bonds is 4. The smallest absolute Gasteiger partial charge is 0.319 e. The van der Waals surface area contributed by atoms with E-state index in [1.54, 1.807) is 17.4 Å². The van der Waals surface area contributed by atoms with Crippen LogP contribution in [0.4, 0.5) is 14.5 Å². The van der Waals surface area contributed by atoms with Crippen LogP contribution in [0.3, 0.4) is 0 Å². The lowest BCUT2D eigenvalue weighted by atomic mass is 10.3. The van der Waals surface area contributed by atoms with Crippen molar-refractivity contribution in [2.75, 3.05) is 5.32 Å². The van der Waals surface area contributed by atoms with Crippen molar-refractivity contribution in [1.82, 2.24) is 9.55 Å². The summed E-state index contributed by atoms with van der Waals surface area (Å²) in [4.78, 5) is 5.21. The van der Waals surface area contributed by atoms with Gasteiger partial charge in [-0.25, -0.2) is 4.98 Å². The van der Waals surface area contributed by atoms with E-state index in [1.165, 1.54) is 6.20 Å². The zero-order chi connectivity index (χ0) is 15.0. The van der Waals surface area contributed by atoms with Gasteiger partial charge in [-0.1, -0.05) is 17.7 Å². The van der Waals surface area contributed by atoms with E-state index < -0.39 is 6.55 Å². The molecule has 3 aromatic heterocycles. The molecule has 0 fully saturated rings. The normalized spacial score (nSPS) is 11.5. The predicted molar refractivity (Wildman–Crippen MR) is 85.3 cm³/mol. The molecule has 0 unspecified atom stereocenters. The van der Waals surface area contributed by atoms with E-state index in [2.05, 4.69) is 26.2 Å². The van der Waals surface area contributed by atoms with E-state index in [9.17, 15) is 8.78 Å². The lowest BCUT2D eigenvalue weighted by Gasteiger charge is -2.11. The second-order valence-electron chi connectivity index (χ2n) is 4.28.